The summed E-state index contributed by atoms with van der Waals surface area (Å²) < 4.78 is 10.5. The van der Waals surface area contributed by atoms with Crippen LogP contribution in [0, 0.1) is 5.92 Å². The molecule has 0 aliphatic carbocycles. The number of hydrogen-bond acceptors (Lipinski definition) is 7. The number of ketones is 1. The highest BCUT2D eigenvalue weighted by molar-refractivity contribution is 7.13. The Labute approximate surface area is 174 Å². The smallest absolute Gasteiger partial charge is 0.227 e. The molecule has 6 nitrogen and oxygen atoms in total. The van der Waals surface area contributed by atoms with Crippen LogP contribution >= 0.6 is 11.3 Å². The van der Waals surface area contributed by atoms with Crippen molar-refractivity contribution in [1.82, 2.24) is 15.0 Å². The Bertz CT molecular complexity index is 913. The number of piperidine rings is 1. The van der Waals surface area contributed by atoms with Crippen molar-refractivity contribution < 1.29 is 14.1 Å². The Kier molecular flexibility index (Phi) is 6.36. The number of nitrogens with zero attached hydrogens (tertiary/aromatic N) is 3. The van der Waals surface area contributed by atoms with Crippen LogP contribution in [0.1, 0.15) is 35.5 Å². The van der Waals surface area contributed by atoms with Crippen molar-refractivity contribution in [3.8, 4) is 16.5 Å². The van der Waals surface area contributed by atoms with Crippen molar-refractivity contribution in [3.05, 3.63) is 53.2 Å². The second-order valence-corrected chi connectivity index (χ2v) is 8.25. The number of methoxy groups -OCH3 is 1. The van der Waals surface area contributed by atoms with Crippen molar-refractivity contribution in [2.75, 3.05) is 26.7 Å². The Morgan fingerprint density at radius 3 is 2.72 bits per heavy atom. The van der Waals surface area contributed by atoms with E-state index < -0.39 is 0 Å². The molecule has 0 amide bonds. The minimum atomic E-state index is 0.115. The maximum Gasteiger partial charge on any atom is 0.227 e. The van der Waals surface area contributed by atoms with E-state index in [0.717, 1.165) is 61.5 Å². The molecule has 1 aliphatic rings. The van der Waals surface area contributed by atoms with E-state index in [1.807, 2.05) is 41.8 Å². The predicted octanol–water partition coefficient (Wildman–Crippen LogP) is 4.33. The molecule has 4 rings (SSSR count). The van der Waals surface area contributed by atoms with Crippen LogP contribution in [-0.2, 0) is 6.42 Å². The van der Waals surface area contributed by atoms with E-state index in [1.165, 1.54) is 0 Å². The first-order chi connectivity index (χ1) is 14.2. The number of benzene rings is 1. The summed E-state index contributed by atoms with van der Waals surface area (Å²) >= 11 is 1.61. The standard InChI is InChI=1S/C22H25N3O3S/c1-27-18-8-6-16(7-9-18)21(26)17-10-13-25(14-11-17)12-2-5-20-23-22(24-28-20)19-4-3-15-29-19/h3-4,6-9,15,17H,2,5,10-14H2,1H3. The van der Waals surface area contributed by atoms with Crippen LogP contribution in [0.3, 0.4) is 0 Å². The van der Waals surface area contributed by atoms with Gasteiger partial charge in [0.05, 0.1) is 12.0 Å². The monoisotopic (exact) mass is 411 g/mol. The zero-order valence-electron chi connectivity index (χ0n) is 16.5. The van der Waals surface area contributed by atoms with E-state index in [4.69, 9.17) is 9.26 Å². The van der Waals surface area contributed by atoms with Gasteiger partial charge in [0.2, 0.25) is 11.7 Å². The van der Waals surface area contributed by atoms with Gasteiger partial charge >= 0.3 is 0 Å². The topological polar surface area (TPSA) is 68.5 Å². The molecular formula is C22H25N3O3S. The lowest BCUT2D eigenvalue weighted by molar-refractivity contribution is 0.0839. The molecule has 1 fully saturated rings. The molecule has 1 aliphatic heterocycles. The summed E-state index contributed by atoms with van der Waals surface area (Å²) in [6, 6.07) is 11.4. The number of aromatic nitrogens is 2. The molecule has 0 spiro atoms. The second-order valence-electron chi connectivity index (χ2n) is 7.30. The van der Waals surface area contributed by atoms with Crippen LogP contribution < -0.4 is 4.74 Å². The van der Waals surface area contributed by atoms with Gasteiger partial charge in [-0.05, 0) is 74.6 Å². The zero-order chi connectivity index (χ0) is 20.1. The molecule has 0 bridgehead atoms. The average molecular weight is 412 g/mol. The van der Waals surface area contributed by atoms with Gasteiger partial charge < -0.3 is 14.2 Å². The third-order valence-electron chi connectivity index (χ3n) is 5.41. The van der Waals surface area contributed by atoms with Crippen molar-refractivity contribution >= 4 is 17.1 Å². The molecule has 152 valence electrons. The molecule has 7 heteroatoms. The van der Waals surface area contributed by atoms with Crippen molar-refractivity contribution in [2.45, 2.75) is 25.7 Å². The normalized spacial score (nSPS) is 15.5. The first kappa shape index (κ1) is 19.8. The summed E-state index contributed by atoms with van der Waals surface area (Å²) in [5.41, 5.74) is 0.780. The number of Topliss-reactive ketones (excluding diaryl/α,β-unsaturated/α-hetero) is 1. The molecule has 1 aromatic carbocycles. The first-order valence-corrected chi connectivity index (χ1v) is 10.9. The van der Waals surface area contributed by atoms with Crippen LogP contribution in [0.15, 0.2) is 46.3 Å². The van der Waals surface area contributed by atoms with E-state index in [-0.39, 0.29) is 11.7 Å². The Morgan fingerprint density at radius 1 is 1.24 bits per heavy atom. The third-order valence-corrected chi connectivity index (χ3v) is 6.27. The number of rotatable bonds is 8. The van der Waals surface area contributed by atoms with Gasteiger partial charge in [-0.1, -0.05) is 11.2 Å². The number of hydrogen-bond donors (Lipinski definition) is 0. The molecule has 0 atom stereocenters. The number of thiophene rings is 1. The predicted molar refractivity (Wildman–Crippen MR) is 112 cm³/mol. The summed E-state index contributed by atoms with van der Waals surface area (Å²) in [6.07, 6.45) is 3.58. The summed E-state index contributed by atoms with van der Waals surface area (Å²) in [7, 11) is 1.63. The molecule has 1 saturated heterocycles. The first-order valence-electron chi connectivity index (χ1n) is 10.00. The lowest BCUT2D eigenvalue weighted by Crippen LogP contribution is -2.37. The molecular weight excluding hydrogens is 386 g/mol. The van der Waals surface area contributed by atoms with Crippen LogP contribution in [0.4, 0.5) is 0 Å². The maximum absolute atomic E-state index is 12.7. The molecule has 2 aromatic heterocycles. The number of ether oxygens (including phenoxy) is 1. The fraction of sp³-hybridized carbons (Fsp3) is 0.409. The average Bonchev–Trinajstić information content (AvgIpc) is 3.46. The summed E-state index contributed by atoms with van der Waals surface area (Å²) in [4.78, 5) is 20.7. The Morgan fingerprint density at radius 2 is 2.03 bits per heavy atom. The number of carbonyl (C=O) groups excluding carboxylic acids is 1. The van der Waals surface area contributed by atoms with E-state index >= 15 is 0 Å². The number of likely N-dealkylation sites (tertiary alicyclic amines) is 1. The minimum absolute atomic E-state index is 0.115. The van der Waals surface area contributed by atoms with Crippen LogP contribution in [0.2, 0.25) is 0 Å². The highest BCUT2D eigenvalue weighted by Crippen LogP contribution is 2.24. The molecule has 0 saturated carbocycles. The van der Waals surface area contributed by atoms with Gasteiger partial charge in [0, 0.05) is 17.9 Å². The minimum Gasteiger partial charge on any atom is -0.497 e. The van der Waals surface area contributed by atoms with E-state index in [0.29, 0.717) is 11.7 Å². The Hall–Kier alpha value is -2.51. The Balaban J connectivity index is 1.20. The molecule has 0 unspecified atom stereocenters. The molecule has 0 radical (unpaired) electrons. The molecule has 3 aromatic rings. The van der Waals surface area contributed by atoms with Gasteiger partial charge in [0.15, 0.2) is 5.78 Å². The molecule has 3 heterocycles. The van der Waals surface area contributed by atoms with Gasteiger partial charge in [-0.25, -0.2) is 0 Å². The lowest BCUT2D eigenvalue weighted by Gasteiger charge is -2.31. The van der Waals surface area contributed by atoms with Gasteiger partial charge in [-0.2, -0.15) is 4.98 Å². The summed E-state index contributed by atoms with van der Waals surface area (Å²) in [5, 5.41) is 6.07. The van der Waals surface area contributed by atoms with Crippen LogP contribution in [0.25, 0.3) is 10.7 Å². The molecule has 29 heavy (non-hydrogen) atoms. The SMILES string of the molecule is COc1ccc(C(=O)C2CCN(CCCc3nc(-c4cccs4)no3)CC2)cc1. The fourth-order valence-corrected chi connectivity index (χ4v) is 4.38. The lowest BCUT2D eigenvalue weighted by atomic mass is 9.89. The van der Waals surface area contributed by atoms with E-state index in [2.05, 4.69) is 15.0 Å². The van der Waals surface area contributed by atoms with Crippen molar-refractivity contribution in [2.24, 2.45) is 5.92 Å². The number of aryl methyl sites for hydroxylation is 1. The zero-order valence-corrected chi connectivity index (χ0v) is 17.4. The molecule has 0 N–H and O–H groups in total. The van der Waals surface area contributed by atoms with Crippen molar-refractivity contribution in [3.63, 3.8) is 0 Å². The largest absolute Gasteiger partial charge is 0.497 e. The highest BCUT2D eigenvalue weighted by Gasteiger charge is 2.25. The summed E-state index contributed by atoms with van der Waals surface area (Å²) in [6.45, 7) is 2.90. The van der Waals surface area contributed by atoms with Crippen molar-refractivity contribution in [1.29, 1.82) is 0 Å². The van der Waals surface area contributed by atoms with Crippen LogP contribution in [0.5, 0.6) is 5.75 Å². The van der Waals surface area contributed by atoms with Gasteiger partial charge in [0.1, 0.15) is 5.75 Å². The van der Waals surface area contributed by atoms with E-state index in [9.17, 15) is 4.79 Å². The fourth-order valence-electron chi connectivity index (χ4n) is 3.73. The highest BCUT2D eigenvalue weighted by atomic mass is 32.1. The number of carbonyl (C=O) groups is 1. The quantitative estimate of drug-likeness (QED) is 0.514. The van der Waals surface area contributed by atoms with Gasteiger partial charge in [-0.3, -0.25) is 4.79 Å². The van der Waals surface area contributed by atoms with Crippen LogP contribution in [-0.4, -0.2) is 47.6 Å². The van der Waals surface area contributed by atoms with E-state index in [1.54, 1.807) is 18.4 Å². The second kappa shape index (κ2) is 9.33. The summed E-state index contributed by atoms with van der Waals surface area (Å²) in [5.74, 6) is 2.51. The third kappa shape index (κ3) is 4.92. The van der Waals surface area contributed by atoms with Gasteiger partial charge in [-0.15, -0.1) is 11.3 Å². The maximum atomic E-state index is 12.7. The van der Waals surface area contributed by atoms with Gasteiger partial charge in [0.25, 0.3) is 0 Å².